The zero-order valence-electron chi connectivity index (χ0n) is 24.2. The summed E-state index contributed by atoms with van der Waals surface area (Å²) in [5, 5.41) is 18.8. The van der Waals surface area contributed by atoms with Crippen LogP contribution >= 0.6 is 0 Å². The number of furan rings is 1. The fraction of sp³-hybridized carbons (Fsp3) is 0.364. The second-order valence-electron chi connectivity index (χ2n) is 10.6. The Kier molecular flexibility index (Phi) is 9.87. The summed E-state index contributed by atoms with van der Waals surface area (Å²) in [6, 6.07) is 11.0. The SMILES string of the molecule is C=C(NC1CCOCC1)/C(F)=C\C(=C/CC#N)c1ccnc2cc(-c3ccc(C(=O)NC4CCNCC4)cc3OC)oc12. The molecule has 224 valence electrons. The number of nitrogens with one attached hydrogen (secondary N) is 3. The molecular weight excluding hydrogens is 549 g/mol. The van der Waals surface area contributed by atoms with Crippen molar-refractivity contribution in [1.29, 1.82) is 5.26 Å². The molecule has 5 rings (SSSR count). The molecular formula is C33H36FN5O4. The van der Waals surface area contributed by atoms with Crippen LogP contribution in [0.2, 0.25) is 0 Å². The Morgan fingerprint density at radius 1 is 1.19 bits per heavy atom. The first-order valence-corrected chi connectivity index (χ1v) is 14.5. The van der Waals surface area contributed by atoms with E-state index in [4.69, 9.17) is 13.9 Å². The van der Waals surface area contributed by atoms with Crippen molar-refractivity contribution >= 4 is 22.6 Å². The maximum absolute atomic E-state index is 15.4. The number of fused-ring (bicyclic) bond motifs is 1. The van der Waals surface area contributed by atoms with Crippen LogP contribution in [-0.4, -0.2) is 56.4 Å². The third kappa shape index (κ3) is 7.31. The van der Waals surface area contributed by atoms with Crippen molar-refractivity contribution in [2.24, 2.45) is 0 Å². The third-order valence-corrected chi connectivity index (χ3v) is 7.71. The van der Waals surface area contributed by atoms with Gasteiger partial charge in [0.2, 0.25) is 0 Å². The molecule has 4 heterocycles. The second-order valence-corrected chi connectivity index (χ2v) is 10.6. The van der Waals surface area contributed by atoms with Gasteiger partial charge in [-0.05, 0) is 74.7 Å². The lowest BCUT2D eigenvalue weighted by Gasteiger charge is -2.24. The van der Waals surface area contributed by atoms with Crippen molar-refractivity contribution in [3.05, 3.63) is 77.9 Å². The summed E-state index contributed by atoms with van der Waals surface area (Å²) in [4.78, 5) is 17.4. The monoisotopic (exact) mass is 585 g/mol. The number of hydrogen-bond donors (Lipinski definition) is 3. The van der Waals surface area contributed by atoms with Gasteiger partial charge in [0.25, 0.3) is 5.91 Å². The number of carbonyl (C=O) groups excluding carboxylic acids is 1. The first-order chi connectivity index (χ1) is 21.0. The van der Waals surface area contributed by atoms with Gasteiger partial charge in [0.05, 0.1) is 30.9 Å². The molecule has 0 bridgehead atoms. The lowest BCUT2D eigenvalue weighted by Crippen LogP contribution is -2.42. The van der Waals surface area contributed by atoms with Crippen LogP contribution in [0, 0.1) is 11.3 Å². The van der Waals surface area contributed by atoms with E-state index in [0.717, 1.165) is 38.8 Å². The van der Waals surface area contributed by atoms with E-state index in [1.165, 1.54) is 13.2 Å². The smallest absolute Gasteiger partial charge is 0.251 e. The normalized spacial score (nSPS) is 17.0. The first kappa shape index (κ1) is 30.0. The Bertz CT molecular complexity index is 1580. The predicted molar refractivity (Wildman–Crippen MR) is 163 cm³/mol. The highest BCUT2D eigenvalue weighted by atomic mass is 19.1. The Labute approximate surface area is 250 Å². The standard InChI is InChI=1S/C33H36FN5O4/c1-21(38-25-10-16-42-17-11-25)28(34)18-22(4-3-12-35)26-9-15-37-29-20-31(43-32(26)29)27-6-5-23(19-30(27)41-2)33(40)39-24-7-13-36-14-8-24/h4-6,9,15,18-20,24-25,36,38H,1,3,7-8,10-11,13-14,16-17H2,2H3,(H,39,40)/b22-4+,28-18+. The maximum atomic E-state index is 15.4. The highest BCUT2D eigenvalue weighted by Gasteiger charge is 2.21. The van der Waals surface area contributed by atoms with Crippen molar-refractivity contribution in [1.82, 2.24) is 20.9 Å². The fourth-order valence-corrected chi connectivity index (χ4v) is 5.35. The molecule has 3 aromatic rings. The first-order valence-electron chi connectivity index (χ1n) is 14.5. The van der Waals surface area contributed by atoms with Crippen molar-refractivity contribution < 1.29 is 23.1 Å². The van der Waals surface area contributed by atoms with Gasteiger partial charge < -0.3 is 29.8 Å². The van der Waals surface area contributed by atoms with Gasteiger partial charge in [-0.1, -0.05) is 12.7 Å². The maximum Gasteiger partial charge on any atom is 0.251 e. The summed E-state index contributed by atoms with van der Waals surface area (Å²) in [5.74, 6) is 0.263. The van der Waals surface area contributed by atoms with E-state index in [9.17, 15) is 10.1 Å². The average molecular weight is 586 g/mol. The van der Waals surface area contributed by atoms with Crippen molar-refractivity contribution in [2.45, 2.75) is 44.2 Å². The van der Waals surface area contributed by atoms with E-state index in [1.54, 1.807) is 42.6 Å². The van der Waals surface area contributed by atoms with Gasteiger partial charge >= 0.3 is 0 Å². The highest BCUT2D eigenvalue weighted by molar-refractivity contribution is 5.96. The average Bonchev–Trinajstić information content (AvgIpc) is 3.48. The number of halogens is 1. The Morgan fingerprint density at radius 3 is 2.70 bits per heavy atom. The van der Waals surface area contributed by atoms with Crippen LogP contribution in [0.3, 0.4) is 0 Å². The number of benzene rings is 1. The molecule has 3 N–H and O–H groups in total. The van der Waals surface area contributed by atoms with Crippen LogP contribution in [0.4, 0.5) is 4.39 Å². The van der Waals surface area contributed by atoms with Crippen molar-refractivity contribution in [3.8, 4) is 23.1 Å². The topological polar surface area (TPSA) is 121 Å². The third-order valence-electron chi connectivity index (χ3n) is 7.71. The number of nitriles is 1. The number of pyridine rings is 1. The number of allylic oxidation sites excluding steroid dienone is 4. The number of methoxy groups -OCH3 is 1. The number of rotatable bonds is 10. The zero-order chi connectivity index (χ0) is 30.2. The van der Waals surface area contributed by atoms with E-state index in [-0.39, 0.29) is 30.1 Å². The number of piperidine rings is 1. The lowest BCUT2D eigenvalue weighted by molar-refractivity contribution is 0.0804. The quantitative estimate of drug-likeness (QED) is 0.270. The number of carbonyl (C=O) groups is 1. The number of hydrogen-bond acceptors (Lipinski definition) is 8. The zero-order valence-corrected chi connectivity index (χ0v) is 24.2. The van der Waals surface area contributed by atoms with Crippen LogP contribution < -0.4 is 20.7 Å². The van der Waals surface area contributed by atoms with Crippen LogP contribution in [-0.2, 0) is 4.74 Å². The molecule has 2 aliphatic rings. The molecule has 1 amide bonds. The fourth-order valence-electron chi connectivity index (χ4n) is 5.35. The number of nitrogens with zero attached hydrogens (tertiary/aromatic N) is 2. The molecule has 10 heteroatoms. The molecule has 0 radical (unpaired) electrons. The number of aromatic nitrogens is 1. The van der Waals surface area contributed by atoms with E-state index in [0.29, 0.717) is 58.1 Å². The second kappa shape index (κ2) is 14.1. The number of amides is 1. The van der Waals surface area contributed by atoms with Gasteiger partial charge in [-0.15, -0.1) is 0 Å². The van der Waals surface area contributed by atoms with Crippen LogP contribution in [0.15, 0.2) is 71.2 Å². The van der Waals surface area contributed by atoms with Crippen molar-refractivity contribution in [2.75, 3.05) is 33.4 Å². The van der Waals surface area contributed by atoms with E-state index in [2.05, 4.69) is 33.6 Å². The van der Waals surface area contributed by atoms with Gasteiger partial charge in [0, 0.05) is 48.7 Å². The summed E-state index contributed by atoms with van der Waals surface area (Å²) in [7, 11) is 1.54. The van der Waals surface area contributed by atoms with E-state index >= 15 is 4.39 Å². The molecule has 43 heavy (non-hydrogen) atoms. The summed E-state index contributed by atoms with van der Waals surface area (Å²) in [5.41, 5.74) is 3.35. The van der Waals surface area contributed by atoms with Crippen molar-refractivity contribution in [3.63, 3.8) is 0 Å². The van der Waals surface area contributed by atoms with Gasteiger partial charge in [-0.25, -0.2) is 4.39 Å². The molecule has 9 nitrogen and oxygen atoms in total. The van der Waals surface area contributed by atoms with E-state index in [1.807, 2.05) is 0 Å². The van der Waals surface area contributed by atoms with Gasteiger partial charge in [-0.2, -0.15) is 5.26 Å². The van der Waals surface area contributed by atoms with Gasteiger partial charge in [0.1, 0.15) is 22.9 Å². The lowest BCUT2D eigenvalue weighted by atomic mass is 10.0. The number of ether oxygens (including phenoxy) is 2. The summed E-state index contributed by atoms with van der Waals surface area (Å²) < 4.78 is 32.7. The molecule has 2 fully saturated rings. The summed E-state index contributed by atoms with van der Waals surface area (Å²) in [6.07, 6.45) is 8.02. The Hall–Kier alpha value is -4.46. The molecule has 0 saturated carbocycles. The highest BCUT2D eigenvalue weighted by Crippen LogP contribution is 2.37. The minimum absolute atomic E-state index is 0.0745. The van der Waals surface area contributed by atoms with Crippen LogP contribution in [0.5, 0.6) is 5.75 Å². The minimum Gasteiger partial charge on any atom is -0.496 e. The molecule has 2 saturated heterocycles. The Morgan fingerprint density at radius 2 is 1.95 bits per heavy atom. The largest absolute Gasteiger partial charge is 0.496 e. The molecule has 2 aromatic heterocycles. The summed E-state index contributed by atoms with van der Waals surface area (Å²) in [6.45, 7) is 6.90. The molecule has 0 aliphatic carbocycles. The van der Waals surface area contributed by atoms with Crippen LogP contribution in [0.25, 0.3) is 28.0 Å². The van der Waals surface area contributed by atoms with Crippen LogP contribution in [0.1, 0.15) is 48.0 Å². The predicted octanol–water partition coefficient (Wildman–Crippen LogP) is 5.42. The summed E-state index contributed by atoms with van der Waals surface area (Å²) >= 11 is 0. The minimum atomic E-state index is -0.535. The molecule has 2 aliphatic heterocycles. The molecule has 0 spiro atoms. The molecule has 0 atom stereocenters. The van der Waals surface area contributed by atoms with E-state index < -0.39 is 5.83 Å². The Balaban J connectivity index is 1.43. The van der Waals surface area contributed by atoms with Gasteiger partial charge in [0.15, 0.2) is 5.58 Å². The van der Waals surface area contributed by atoms with Gasteiger partial charge in [-0.3, -0.25) is 9.78 Å². The molecule has 0 unspecified atom stereocenters. The molecule has 1 aromatic carbocycles.